The molecule has 0 saturated carbocycles. The molecule has 4 heteroatoms. The van der Waals surface area contributed by atoms with Crippen LogP contribution in [-0.4, -0.2) is 6.71 Å². The van der Waals surface area contributed by atoms with Gasteiger partial charge in [0.15, 0.2) is 0 Å². The second-order valence-corrected chi connectivity index (χ2v) is 29.9. The molecule has 0 bridgehead atoms. The van der Waals surface area contributed by atoms with Crippen LogP contribution in [0.25, 0.3) is 32.0 Å². The van der Waals surface area contributed by atoms with Crippen molar-refractivity contribution in [1.82, 2.24) is 0 Å². The molecule has 8 aromatic rings. The van der Waals surface area contributed by atoms with E-state index in [4.69, 9.17) is 0 Å². The highest BCUT2D eigenvalue weighted by atomic mass is 32.1. The zero-order valence-corrected chi connectivity index (χ0v) is 48.6. The van der Waals surface area contributed by atoms with Crippen molar-refractivity contribution in [3.8, 4) is 11.1 Å². The summed E-state index contributed by atoms with van der Waals surface area (Å²) < 4.78 is 1.40. The summed E-state index contributed by atoms with van der Waals surface area (Å²) in [6.07, 6.45) is 4.74. The molecule has 0 radical (unpaired) electrons. The van der Waals surface area contributed by atoms with Crippen molar-refractivity contribution in [1.29, 1.82) is 0 Å². The van der Waals surface area contributed by atoms with Gasteiger partial charge in [0.25, 0.3) is 6.71 Å². The van der Waals surface area contributed by atoms with Crippen LogP contribution in [0.1, 0.15) is 182 Å². The summed E-state index contributed by atoms with van der Waals surface area (Å²) in [5.74, 6) is 0. The number of fused-ring (bicyclic) bond motifs is 9. The Balaban J connectivity index is 1.27. The van der Waals surface area contributed by atoms with E-state index in [9.17, 15) is 0 Å². The normalized spacial score (nSPS) is 18.2. The van der Waals surface area contributed by atoms with Crippen LogP contribution in [0.3, 0.4) is 0 Å². The second kappa shape index (κ2) is 16.0. The first kappa shape index (κ1) is 49.3. The van der Waals surface area contributed by atoms with Gasteiger partial charge in [0.05, 0.1) is 5.00 Å². The van der Waals surface area contributed by atoms with Crippen molar-refractivity contribution in [3.05, 3.63) is 160 Å². The van der Waals surface area contributed by atoms with E-state index in [1.807, 2.05) is 11.3 Å². The number of nitrogens with zero attached hydrogens (tertiary/aromatic N) is 2. The zero-order valence-electron chi connectivity index (χ0n) is 47.8. The van der Waals surface area contributed by atoms with Crippen LogP contribution in [0.4, 0.5) is 33.4 Å². The summed E-state index contributed by atoms with van der Waals surface area (Å²) in [6.45, 7) is 41.2. The summed E-state index contributed by atoms with van der Waals surface area (Å²) in [6, 6.07) is 49.1. The Morgan fingerprint density at radius 3 is 1.61 bits per heavy atom. The third-order valence-electron chi connectivity index (χ3n) is 18.6. The molecule has 0 spiro atoms. The zero-order chi connectivity index (χ0) is 52.6. The Hall–Kier alpha value is -5.58. The van der Waals surface area contributed by atoms with Crippen molar-refractivity contribution < 1.29 is 0 Å². The van der Waals surface area contributed by atoms with Crippen LogP contribution in [0.2, 0.25) is 0 Å². The molecule has 0 fully saturated rings. The van der Waals surface area contributed by atoms with Crippen LogP contribution in [0.5, 0.6) is 0 Å². The molecule has 1 aromatic heterocycles. The molecular formula is C70H79BN2S. The summed E-state index contributed by atoms with van der Waals surface area (Å²) in [5, 5.41) is 5.31. The van der Waals surface area contributed by atoms with E-state index in [2.05, 4.69) is 249 Å². The molecule has 7 aromatic carbocycles. The van der Waals surface area contributed by atoms with Gasteiger partial charge < -0.3 is 9.80 Å². The SMILES string of the molecule is CC(C)(C)c1cc(N2c3cc(C(C)(C)C)ccc3B3c4c2cc(-c2cccc5ccccc25)cc4N(c2ccc4c(c2)C(C)(C)CCC4(C)C)c2sc4cc5c(cc4c23)C(C)(C)CCC5(C)C)cc(C(C)(C)C)c1. The third kappa shape index (κ3) is 7.60. The topological polar surface area (TPSA) is 6.48 Å². The standard InChI is InChI=1S/C70H79BN2S/c1-64(2,3)44-25-28-56-57(38-44)72(48-36-45(65(4,5)6)35-46(37-48)66(7,8)9)58-33-43(50-24-20-22-42-21-18-19-23-49(42)50)34-59-62(58)71(56)61-51-40-54-55(70(16,17)32-31-69(54,14)15)41-60(51)74-63(61)73(59)47-26-27-52-53(39-47)68(12,13)30-29-67(52,10)11/h18-28,33-41H,29-32H2,1-17H3. The molecule has 2 nitrogen and oxygen atoms in total. The lowest BCUT2D eigenvalue weighted by molar-refractivity contribution is 0.332. The average Bonchev–Trinajstić information content (AvgIpc) is 3.71. The number of thiophene rings is 1. The molecule has 4 aliphatic rings. The number of hydrogen-bond donors (Lipinski definition) is 0. The van der Waals surface area contributed by atoms with Gasteiger partial charge >= 0.3 is 0 Å². The van der Waals surface area contributed by atoms with Gasteiger partial charge in [-0.1, -0.05) is 184 Å². The minimum atomic E-state index is -0.0633. The number of anilines is 6. The van der Waals surface area contributed by atoms with E-state index >= 15 is 0 Å². The van der Waals surface area contributed by atoms with E-state index in [1.165, 1.54) is 146 Å². The van der Waals surface area contributed by atoms with Crippen LogP contribution < -0.4 is 26.2 Å². The lowest BCUT2D eigenvalue weighted by Crippen LogP contribution is -2.61. The van der Waals surface area contributed by atoms with Crippen LogP contribution in [0.15, 0.2) is 121 Å². The summed E-state index contributed by atoms with van der Waals surface area (Å²) in [5.41, 5.74) is 23.3. The summed E-state index contributed by atoms with van der Waals surface area (Å²) in [7, 11) is 0. The van der Waals surface area contributed by atoms with Crippen LogP contribution in [0, 0.1) is 0 Å². The largest absolute Gasteiger partial charge is 0.311 e. The smallest absolute Gasteiger partial charge is 0.254 e. The van der Waals surface area contributed by atoms with Crippen molar-refractivity contribution in [2.24, 2.45) is 0 Å². The van der Waals surface area contributed by atoms with Gasteiger partial charge in [-0.3, -0.25) is 0 Å². The quantitative estimate of drug-likeness (QED) is 0.163. The highest BCUT2D eigenvalue weighted by Crippen LogP contribution is 2.55. The monoisotopic (exact) mass is 991 g/mol. The molecule has 0 saturated heterocycles. The van der Waals surface area contributed by atoms with Gasteiger partial charge in [0.1, 0.15) is 0 Å². The molecule has 0 amide bonds. The third-order valence-corrected chi connectivity index (χ3v) is 19.8. The summed E-state index contributed by atoms with van der Waals surface area (Å²) >= 11 is 2.03. The predicted octanol–water partition coefficient (Wildman–Crippen LogP) is 18.4. The second-order valence-electron chi connectivity index (χ2n) is 28.8. The fourth-order valence-corrected chi connectivity index (χ4v) is 14.8. The van der Waals surface area contributed by atoms with Gasteiger partial charge in [-0.2, -0.15) is 0 Å². The first-order chi connectivity index (χ1) is 34.5. The first-order valence-corrected chi connectivity index (χ1v) is 28.7. The Kier molecular flexibility index (Phi) is 10.7. The maximum atomic E-state index is 2.75. The molecule has 2 aliphatic heterocycles. The van der Waals surface area contributed by atoms with E-state index < -0.39 is 0 Å². The van der Waals surface area contributed by atoms with E-state index in [0.29, 0.717) is 0 Å². The Bertz CT molecular complexity index is 3610. The highest BCUT2D eigenvalue weighted by Gasteiger charge is 2.48. The molecule has 0 unspecified atom stereocenters. The lowest BCUT2D eigenvalue weighted by Gasteiger charge is -2.45. The van der Waals surface area contributed by atoms with E-state index in [0.717, 1.165) is 0 Å². The van der Waals surface area contributed by atoms with Crippen LogP contribution >= 0.6 is 11.3 Å². The Morgan fingerprint density at radius 1 is 0.432 bits per heavy atom. The molecular weight excluding hydrogens is 912 g/mol. The maximum Gasteiger partial charge on any atom is 0.254 e. The fraction of sp³-hybridized carbons (Fsp3) is 0.400. The molecule has 3 heterocycles. The minimum absolute atomic E-state index is 0.000450. The maximum absolute atomic E-state index is 2.75. The van der Waals surface area contributed by atoms with Gasteiger partial charge in [0.2, 0.25) is 0 Å². The van der Waals surface area contributed by atoms with Gasteiger partial charge in [-0.15, -0.1) is 11.3 Å². The molecule has 74 heavy (non-hydrogen) atoms. The van der Waals surface area contributed by atoms with Crippen molar-refractivity contribution >= 4 is 88.7 Å². The molecule has 12 rings (SSSR count). The Morgan fingerprint density at radius 2 is 0.986 bits per heavy atom. The molecule has 378 valence electrons. The van der Waals surface area contributed by atoms with Crippen molar-refractivity contribution in [3.63, 3.8) is 0 Å². The summed E-state index contributed by atoms with van der Waals surface area (Å²) in [4.78, 5) is 5.46. The number of rotatable bonds is 3. The first-order valence-electron chi connectivity index (χ1n) is 27.9. The fourth-order valence-electron chi connectivity index (χ4n) is 13.5. The van der Waals surface area contributed by atoms with E-state index in [-0.39, 0.29) is 44.6 Å². The van der Waals surface area contributed by atoms with Crippen molar-refractivity contribution in [2.75, 3.05) is 9.80 Å². The van der Waals surface area contributed by atoms with Gasteiger partial charge in [0, 0.05) is 33.1 Å². The molecule has 0 N–H and O–H groups in total. The number of benzene rings is 7. The highest BCUT2D eigenvalue weighted by molar-refractivity contribution is 7.26. The lowest BCUT2D eigenvalue weighted by atomic mass is 9.33. The number of hydrogen-bond acceptors (Lipinski definition) is 3. The Labute approximate surface area is 448 Å². The molecule has 2 aliphatic carbocycles. The average molecular weight is 991 g/mol. The van der Waals surface area contributed by atoms with Gasteiger partial charge in [-0.25, -0.2) is 0 Å². The van der Waals surface area contributed by atoms with E-state index in [1.54, 1.807) is 0 Å². The minimum Gasteiger partial charge on any atom is -0.311 e. The predicted molar refractivity (Wildman–Crippen MR) is 325 cm³/mol. The van der Waals surface area contributed by atoms with Crippen LogP contribution in [-0.2, 0) is 37.9 Å². The van der Waals surface area contributed by atoms with Gasteiger partial charge in [-0.05, 0) is 201 Å². The van der Waals surface area contributed by atoms with Crippen molar-refractivity contribution in [2.45, 2.75) is 181 Å². The molecule has 0 atom stereocenters.